The van der Waals surface area contributed by atoms with Crippen molar-refractivity contribution in [2.75, 3.05) is 11.5 Å². The van der Waals surface area contributed by atoms with Crippen molar-refractivity contribution in [3.63, 3.8) is 0 Å². The van der Waals surface area contributed by atoms with E-state index < -0.39 is 35.9 Å². The molecule has 0 fully saturated rings. The summed E-state index contributed by atoms with van der Waals surface area (Å²) in [6.45, 7) is 0. The van der Waals surface area contributed by atoms with Gasteiger partial charge in [0.15, 0.2) is 11.5 Å². The van der Waals surface area contributed by atoms with E-state index in [9.17, 15) is 19.2 Å². The first-order chi connectivity index (χ1) is 13.7. The Labute approximate surface area is 162 Å². The fraction of sp³-hybridized carbons (Fsp3) is 0.188. The number of nitrogens with one attached hydrogen (secondary N) is 2. The minimum atomic E-state index is -1.34. The normalized spacial score (nSPS) is 11.9. The van der Waals surface area contributed by atoms with Crippen LogP contribution in [0, 0.1) is 0 Å². The Bertz CT molecular complexity index is 1020. The number of carboxylic acids is 2. The number of nitrogen functional groups attached to an aromatic ring is 2. The van der Waals surface area contributed by atoms with Crippen molar-refractivity contribution >= 4 is 41.0 Å². The number of aromatic amines is 1. The van der Waals surface area contributed by atoms with Gasteiger partial charge in [-0.3, -0.25) is 19.4 Å². The third-order valence-corrected chi connectivity index (χ3v) is 3.59. The smallest absolute Gasteiger partial charge is 0.326 e. The summed E-state index contributed by atoms with van der Waals surface area (Å²) in [5.74, 6) is -3.58. The third kappa shape index (κ3) is 5.85. The molecule has 1 atom stereocenters. The van der Waals surface area contributed by atoms with Crippen LogP contribution in [0.25, 0.3) is 0 Å². The number of aliphatic carboxylic acids is 2. The van der Waals surface area contributed by atoms with E-state index in [0.717, 1.165) is 0 Å². The molecule has 29 heavy (non-hydrogen) atoms. The van der Waals surface area contributed by atoms with Crippen LogP contribution < -0.4 is 22.3 Å². The van der Waals surface area contributed by atoms with Gasteiger partial charge in [0.05, 0.1) is 5.69 Å². The summed E-state index contributed by atoms with van der Waals surface area (Å²) in [5.41, 5.74) is 10.4. The first kappa shape index (κ1) is 21.0. The lowest BCUT2D eigenvalue weighted by Gasteiger charge is -2.13. The number of amides is 1. The van der Waals surface area contributed by atoms with Gasteiger partial charge in [-0.25, -0.2) is 4.79 Å². The van der Waals surface area contributed by atoms with Crippen molar-refractivity contribution in [1.29, 1.82) is 0 Å². The molecule has 1 heterocycles. The second kappa shape index (κ2) is 9.07. The Morgan fingerprint density at radius 1 is 1.14 bits per heavy atom. The molecule has 0 saturated carbocycles. The molecular weight excluding hydrogens is 386 g/mol. The quantitative estimate of drug-likeness (QED) is 0.335. The van der Waals surface area contributed by atoms with E-state index in [1.807, 2.05) is 0 Å². The highest BCUT2D eigenvalue weighted by Crippen LogP contribution is 2.19. The molecule has 2 aromatic rings. The molecule has 1 amide bonds. The maximum Gasteiger partial charge on any atom is 0.326 e. The van der Waals surface area contributed by atoms with Crippen LogP contribution in [0.1, 0.15) is 23.2 Å². The highest BCUT2D eigenvalue weighted by atomic mass is 16.4. The summed E-state index contributed by atoms with van der Waals surface area (Å²) in [7, 11) is 0. The van der Waals surface area contributed by atoms with Crippen LogP contribution >= 0.6 is 0 Å². The van der Waals surface area contributed by atoms with E-state index in [4.69, 9.17) is 21.7 Å². The van der Waals surface area contributed by atoms with Gasteiger partial charge in [0.25, 0.3) is 11.5 Å². The van der Waals surface area contributed by atoms with Crippen LogP contribution in [-0.4, -0.2) is 44.1 Å². The van der Waals surface area contributed by atoms with Crippen molar-refractivity contribution in [1.82, 2.24) is 15.3 Å². The molecule has 0 aliphatic heterocycles. The summed E-state index contributed by atoms with van der Waals surface area (Å²) >= 11 is 0. The average Bonchev–Trinajstić information content (AvgIpc) is 2.64. The number of H-pyrrole nitrogens is 1. The van der Waals surface area contributed by atoms with Crippen LogP contribution in [0.5, 0.6) is 0 Å². The lowest BCUT2D eigenvalue weighted by molar-refractivity contribution is -0.140. The molecule has 0 aliphatic rings. The Morgan fingerprint density at radius 3 is 2.34 bits per heavy atom. The van der Waals surface area contributed by atoms with Crippen LogP contribution in [0.4, 0.5) is 23.1 Å². The van der Waals surface area contributed by atoms with E-state index in [1.165, 1.54) is 24.3 Å². The van der Waals surface area contributed by atoms with Crippen molar-refractivity contribution in [2.24, 2.45) is 10.2 Å². The van der Waals surface area contributed by atoms with Crippen LogP contribution in [0.2, 0.25) is 0 Å². The molecule has 2 rings (SSSR count). The highest BCUT2D eigenvalue weighted by molar-refractivity contribution is 5.96. The molecule has 0 bridgehead atoms. The molecule has 8 N–H and O–H groups in total. The van der Waals surface area contributed by atoms with Crippen LogP contribution in [0.15, 0.2) is 39.3 Å². The monoisotopic (exact) mass is 403 g/mol. The zero-order valence-electron chi connectivity index (χ0n) is 14.8. The van der Waals surface area contributed by atoms with E-state index in [-0.39, 0.29) is 35.1 Å². The van der Waals surface area contributed by atoms with Gasteiger partial charge >= 0.3 is 11.9 Å². The Kier molecular flexibility index (Phi) is 6.58. The molecule has 1 aromatic heterocycles. The predicted molar refractivity (Wildman–Crippen MR) is 100 cm³/mol. The molecule has 1 aromatic carbocycles. The van der Waals surface area contributed by atoms with Crippen LogP contribution in [0.3, 0.4) is 0 Å². The maximum absolute atomic E-state index is 12.2. The number of carbonyl (C=O) groups excluding carboxylic acids is 1. The van der Waals surface area contributed by atoms with Gasteiger partial charge in [-0.15, -0.1) is 5.11 Å². The zero-order chi connectivity index (χ0) is 21.6. The minimum Gasteiger partial charge on any atom is -0.481 e. The SMILES string of the molecule is Nc1nc(N)c(N=Nc2ccc(C(=O)N[C@@H](CCC(=O)O)C(=O)O)cc2)c(=O)[nH]1. The van der Waals surface area contributed by atoms with Gasteiger partial charge in [-0.05, 0) is 30.7 Å². The molecule has 152 valence electrons. The van der Waals surface area contributed by atoms with Gasteiger partial charge in [0.2, 0.25) is 5.95 Å². The number of hydrogen-bond acceptors (Lipinski definition) is 9. The van der Waals surface area contributed by atoms with Gasteiger partial charge in [-0.1, -0.05) is 0 Å². The van der Waals surface area contributed by atoms with E-state index in [1.54, 1.807) is 0 Å². The number of carboxylic acid groups (broad SMARTS) is 2. The maximum atomic E-state index is 12.2. The second-order valence-corrected chi connectivity index (χ2v) is 5.73. The first-order valence-electron chi connectivity index (χ1n) is 8.10. The van der Waals surface area contributed by atoms with E-state index in [2.05, 4.69) is 25.5 Å². The largest absolute Gasteiger partial charge is 0.481 e. The predicted octanol–water partition coefficient (Wildman–Crippen LogP) is 0.397. The molecule has 0 saturated heterocycles. The van der Waals surface area contributed by atoms with Crippen LogP contribution in [-0.2, 0) is 9.59 Å². The third-order valence-electron chi connectivity index (χ3n) is 3.59. The molecular formula is C16H17N7O6. The van der Waals surface area contributed by atoms with Crippen molar-refractivity contribution in [3.8, 4) is 0 Å². The summed E-state index contributed by atoms with van der Waals surface area (Å²) in [5, 5.41) is 27.5. The van der Waals surface area contributed by atoms with E-state index >= 15 is 0 Å². The number of carbonyl (C=O) groups is 3. The van der Waals surface area contributed by atoms with Gasteiger partial charge in [0.1, 0.15) is 6.04 Å². The average molecular weight is 403 g/mol. The molecule has 0 aliphatic carbocycles. The van der Waals surface area contributed by atoms with Gasteiger partial charge < -0.3 is 27.0 Å². The lowest BCUT2D eigenvalue weighted by Crippen LogP contribution is -2.41. The van der Waals surface area contributed by atoms with Crippen molar-refractivity contribution < 1.29 is 24.6 Å². The minimum absolute atomic E-state index is 0.122. The highest BCUT2D eigenvalue weighted by Gasteiger charge is 2.21. The standard InChI is InChI=1S/C16H17N7O6/c17-12-11(14(27)21-16(18)20-12)23-22-8-3-1-7(2-4-8)13(26)19-9(15(28)29)5-6-10(24)25/h1-4,9H,5-6H2,(H,19,26)(H,24,25)(H,28,29)(H5,17,18,20,21,27)/t9-/m0/s1. The number of azo groups is 1. The topological polar surface area (TPSA) is 226 Å². The lowest BCUT2D eigenvalue weighted by atomic mass is 10.1. The molecule has 0 unspecified atom stereocenters. The second-order valence-electron chi connectivity index (χ2n) is 5.73. The molecule has 0 radical (unpaired) electrons. The fourth-order valence-corrected chi connectivity index (χ4v) is 2.15. The van der Waals surface area contributed by atoms with Gasteiger partial charge in [-0.2, -0.15) is 10.1 Å². The molecule has 13 nitrogen and oxygen atoms in total. The number of rotatable bonds is 8. The Morgan fingerprint density at radius 2 is 1.79 bits per heavy atom. The summed E-state index contributed by atoms with van der Waals surface area (Å²) in [6.07, 6.45) is -0.660. The molecule has 13 heteroatoms. The zero-order valence-corrected chi connectivity index (χ0v) is 14.8. The Balaban J connectivity index is 2.09. The molecule has 0 spiro atoms. The summed E-state index contributed by atoms with van der Waals surface area (Å²) in [4.78, 5) is 51.5. The van der Waals surface area contributed by atoms with Crippen molar-refractivity contribution in [3.05, 3.63) is 40.2 Å². The number of benzene rings is 1. The first-order valence-corrected chi connectivity index (χ1v) is 8.10. The van der Waals surface area contributed by atoms with E-state index in [0.29, 0.717) is 0 Å². The number of hydrogen-bond donors (Lipinski definition) is 6. The number of anilines is 2. The summed E-state index contributed by atoms with van der Waals surface area (Å²) in [6, 6.07) is 4.18. The number of nitrogens with zero attached hydrogens (tertiary/aromatic N) is 3. The Hall–Kier alpha value is -4.29. The summed E-state index contributed by atoms with van der Waals surface area (Å²) < 4.78 is 0. The fourth-order valence-electron chi connectivity index (χ4n) is 2.15. The number of aromatic nitrogens is 2. The number of nitrogens with two attached hydrogens (primary N) is 2. The van der Waals surface area contributed by atoms with Crippen molar-refractivity contribution in [2.45, 2.75) is 18.9 Å². The van der Waals surface area contributed by atoms with Gasteiger partial charge in [0, 0.05) is 12.0 Å².